The van der Waals surface area contributed by atoms with Crippen LogP contribution in [0.25, 0.3) is 0 Å². The molecule has 4 aromatic rings. The third-order valence-electron chi connectivity index (χ3n) is 10.1. The highest BCUT2D eigenvalue weighted by Gasteiger charge is 2.50. The van der Waals surface area contributed by atoms with Crippen LogP contribution in [0.5, 0.6) is 0 Å². The molecule has 2 heteroatoms. The smallest absolute Gasteiger partial charge is 0.0236 e. The Hall–Kier alpha value is -3.20. The van der Waals surface area contributed by atoms with Gasteiger partial charge in [-0.25, -0.2) is 0 Å². The maximum atomic E-state index is 2.78. The van der Waals surface area contributed by atoms with Gasteiger partial charge in [-0.05, 0) is 69.2 Å². The predicted molar refractivity (Wildman–Crippen MR) is 154 cm³/mol. The molecule has 0 radical (unpaired) electrons. The van der Waals surface area contributed by atoms with Gasteiger partial charge in [-0.3, -0.25) is 9.80 Å². The summed E-state index contributed by atoms with van der Waals surface area (Å²) in [6.45, 7) is 6.92. The normalized spacial score (nSPS) is 25.8. The van der Waals surface area contributed by atoms with Gasteiger partial charge < -0.3 is 0 Å². The van der Waals surface area contributed by atoms with Crippen LogP contribution in [0, 0.1) is 11.8 Å². The molecule has 0 spiro atoms. The van der Waals surface area contributed by atoms with Crippen molar-refractivity contribution >= 4 is 0 Å². The van der Waals surface area contributed by atoms with E-state index in [0.717, 1.165) is 13.1 Å². The molecule has 0 N–H and O–H groups in total. The lowest BCUT2D eigenvalue weighted by atomic mass is 9.54. The minimum atomic E-state index is 0.492. The van der Waals surface area contributed by atoms with Crippen molar-refractivity contribution in [2.45, 2.75) is 37.8 Å². The van der Waals surface area contributed by atoms with E-state index in [4.69, 9.17) is 0 Å². The Bertz CT molecular complexity index is 1330. The molecule has 5 aliphatic rings. The molecule has 2 aliphatic heterocycles. The molecule has 3 aliphatic carbocycles. The fraction of sp³-hybridized carbons (Fsp3) is 0.333. The molecule has 190 valence electrons. The lowest BCUT2D eigenvalue weighted by Crippen LogP contribution is -2.50. The molecule has 0 unspecified atom stereocenters. The summed E-state index contributed by atoms with van der Waals surface area (Å²) in [5, 5.41) is 0. The molecular weight excluding hydrogens is 460 g/mol. The summed E-state index contributed by atoms with van der Waals surface area (Å²) >= 11 is 0. The minimum absolute atomic E-state index is 0.492. The summed E-state index contributed by atoms with van der Waals surface area (Å²) in [5.74, 6) is 2.25. The Labute approximate surface area is 226 Å². The standard InChI is InChI=1S/C36H36N2/c1-3-11-27-21-37(19-17-25(27)9-1)23-33-34(24-38-20-18-26-10-2-4-12-28(26)22-38)36-31-15-7-5-13-29(31)35(33)30-14-6-8-16-32(30)36/h1-16,33-36H,17-24H2/t33-,34-,35?,36?/m1/s1. The highest BCUT2D eigenvalue weighted by atomic mass is 15.1. The lowest BCUT2D eigenvalue weighted by Gasteiger charge is -2.53. The van der Waals surface area contributed by atoms with Gasteiger partial charge in [0.15, 0.2) is 0 Å². The van der Waals surface area contributed by atoms with Crippen molar-refractivity contribution in [1.82, 2.24) is 9.80 Å². The second-order valence-electron chi connectivity index (χ2n) is 12.0. The number of nitrogens with zero attached hydrogens (tertiary/aromatic N) is 2. The first kappa shape index (κ1) is 22.8. The summed E-state index contributed by atoms with van der Waals surface area (Å²) in [6.07, 6.45) is 2.36. The van der Waals surface area contributed by atoms with Crippen LogP contribution in [0.4, 0.5) is 0 Å². The molecule has 0 saturated heterocycles. The van der Waals surface area contributed by atoms with Gasteiger partial charge >= 0.3 is 0 Å². The third kappa shape index (κ3) is 3.69. The molecule has 0 amide bonds. The van der Waals surface area contributed by atoms with Crippen molar-refractivity contribution in [1.29, 1.82) is 0 Å². The molecule has 2 bridgehead atoms. The van der Waals surface area contributed by atoms with E-state index in [9.17, 15) is 0 Å². The zero-order valence-electron chi connectivity index (χ0n) is 22.1. The molecule has 2 nitrogen and oxygen atoms in total. The number of hydrogen-bond acceptors (Lipinski definition) is 2. The zero-order valence-corrected chi connectivity index (χ0v) is 22.1. The van der Waals surface area contributed by atoms with Crippen LogP contribution in [-0.4, -0.2) is 36.0 Å². The Kier molecular flexibility index (Phi) is 5.52. The van der Waals surface area contributed by atoms with E-state index in [-0.39, 0.29) is 0 Å². The molecular formula is C36H36N2. The van der Waals surface area contributed by atoms with Crippen LogP contribution < -0.4 is 0 Å². The van der Waals surface area contributed by atoms with Gasteiger partial charge in [0.2, 0.25) is 0 Å². The molecule has 4 aromatic carbocycles. The average molecular weight is 497 g/mol. The van der Waals surface area contributed by atoms with Crippen molar-refractivity contribution in [2.75, 3.05) is 26.2 Å². The van der Waals surface area contributed by atoms with E-state index in [2.05, 4.69) is 107 Å². The topological polar surface area (TPSA) is 6.48 Å². The van der Waals surface area contributed by atoms with Gasteiger partial charge in [0.25, 0.3) is 0 Å². The average Bonchev–Trinajstić information content (AvgIpc) is 2.98. The molecule has 9 rings (SSSR count). The van der Waals surface area contributed by atoms with E-state index < -0.39 is 0 Å². The van der Waals surface area contributed by atoms with E-state index >= 15 is 0 Å². The maximum Gasteiger partial charge on any atom is 0.0236 e. The van der Waals surface area contributed by atoms with Gasteiger partial charge in [0, 0.05) is 51.1 Å². The van der Waals surface area contributed by atoms with Crippen molar-refractivity contribution in [3.05, 3.63) is 142 Å². The highest BCUT2D eigenvalue weighted by molar-refractivity contribution is 5.56. The van der Waals surface area contributed by atoms with E-state index in [1.54, 1.807) is 33.4 Å². The third-order valence-corrected chi connectivity index (χ3v) is 10.1. The van der Waals surface area contributed by atoms with Crippen LogP contribution in [0.15, 0.2) is 97.1 Å². The van der Waals surface area contributed by atoms with Crippen molar-refractivity contribution in [2.24, 2.45) is 11.8 Å². The molecule has 0 fully saturated rings. The predicted octanol–water partition coefficient (Wildman–Crippen LogP) is 6.63. The molecule has 38 heavy (non-hydrogen) atoms. The number of benzene rings is 4. The first-order valence-electron chi connectivity index (χ1n) is 14.6. The van der Waals surface area contributed by atoms with Crippen molar-refractivity contribution < 1.29 is 0 Å². The molecule has 0 saturated carbocycles. The Morgan fingerprint density at radius 2 is 0.789 bits per heavy atom. The minimum Gasteiger partial charge on any atom is -0.298 e. The van der Waals surface area contributed by atoms with Gasteiger partial charge in [-0.2, -0.15) is 0 Å². The number of fused-ring (bicyclic) bond motifs is 3. The van der Waals surface area contributed by atoms with Gasteiger partial charge in [-0.1, -0.05) is 97.1 Å². The first-order valence-corrected chi connectivity index (χ1v) is 14.6. The number of rotatable bonds is 4. The quantitative estimate of drug-likeness (QED) is 0.313. The Morgan fingerprint density at radius 1 is 0.447 bits per heavy atom. The van der Waals surface area contributed by atoms with Gasteiger partial charge in [0.05, 0.1) is 0 Å². The van der Waals surface area contributed by atoms with Crippen molar-refractivity contribution in [3.63, 3.8) is 0 Å². The Balaban J connectivity index is 1.17. The Morgan fingerprint density at radius 3 is 1.18 bits per heavy atom. The monoisotopic (exact) mass is 496 g/mol. The summed E-state index contributed by atoms with van der Waals surface area (Å²) in [6, 6.07) is 37.0. The van der Waals surface area contributed by atoms with E-state index in [1.165, 1.54) is 50.1 Å². The van der Waals surface area contributed by atoms with Gasteiger partial charge in [0.1, 0.15) is 0 Å². The van der Waals surface area contributed by atoms with Crippen molar-refractivity contribution in [3.8, 4) is 0 Å². The lowest BCUT2D eigenvalue weighted by molar-refractivity contribution is 0.0967. The SMILES string of the molecule is c1ccc2c(c1)CCN(C[C@H]1C3c4ccccc4C(c4ccccc43)[C@@H]1CN1CCc3ccccc3C1)C2. The number of hydrogen-bond donors (Lipinski definition) is 0. The fourth-order valence-electron chi connectivity index (χ4n) is 8.40. The van der Waals surface area contributed by atoms with Gasteiger partial charge in [-0.15, -0.1) is 0 Å². The largest absolute Gasteiger partial charge is 0.298 e. The maximum absolute atomic E-state index is 2.78. The summed E-state index contributed by atoms with van der Waals surface area (Å²) in [4.78, 5) is 5.55. The van der Waals surface area contributed by atoms with Crippen LogP contribution in [0.3, 0.4) is 0 Å². The summed E-state index contributed by atoms with van der Waals surface area (Å²) < 4.78 is 0. The summed E-state index contributed by atoms with van der Waals surface area (Å²) in [5.41, 5.74) is 12.5. The second kappa shape index (κ2) is 9.22. The van der Waals surface area contributed by atoms with E-state index in [0.29, 0.717) is 23.7 Å². The van der Waals surface area contributed by atoms with Crippen LogP contribution in [0.1, 0.15) is 56.3 Å². The molecule has 2 atom stereocenters. The van der Waals surface area contributed by atoms with Crippen LogP contribution >= 0.6 is 0 Å². The zero-order chi connectivity index (χ0) is 25.1. The second-order valence-corrected chi connectivity index (χ2v) is 12.0. The molecule has 0 aromatic heterocycles. The highest BCUT2D eigenvalue weighted by Crippen LogP contribution is 2.58. The molecule has 2 heterocycles. The summed E-state index contributed by atoms with van der Waals surface area (Å²) in [7, 11) is 0. The van der Waals surface area contributed by atoms with Crippen LogP contribution in [-0.2, 0) is 25.9 Å². The van der Waals surface area contributed by atoms with E-state index in [1.807, 2.05) is 0 Å². The first-order chi connectivity index (χ1) is 18.8. The van der Waals surface area contributed by atoms with Crippen LogP contribution in [0.2, 0.25) is 0 Å². The fourth-order valence-corrected chi connectivity index (χ4v) is 8.40.